The Kier molecular flexibility index (Phi) is 5.00. The first-order valence-electron chi connectivity index (χ1n) is 8.25. The molecule has 0 atom stereocenters. The number of carboxylic acids is 1. The molecule has 27 heavy (non-hydrogen) atoms. The van der Waals surface area contributed by atoms with E-state index in [1.807, 2.05) is 66.7 Å². The molecule has 0 bridgehead atoms. The van der Waals surface area contributed by atoms with Gasteiger partial charge >= 0.3 is 5.97 Å². The number of Topliss-reactive ketones (excluding diaryl/α,β-unsaturated/α-hetero) is 1. The van der Waals surface area contributed by atoms with Gasteiger partial charge in [0.15, 0.2) is 5.78 Å². The number of hydrogen-bond acceptors (Lipinski definition) is 4. The molecule has 0 aliphatic carbocycles. The number of rotatable bonds is 5. The van der Waals surface area contributed by atoms with Crippen LogP contribution in [0, 0.1) is 11.3 Å². The normalized spacial score (nSPS) is 10.1. The predicted molar refractivity (Wildman–Crippen MR) is 103 cm³/mol. The van der Waals surface area contributed by atoms with Crippen LogP contribution in [0.2, 0.25) is 0 Å². The standard InChI is InChI=1S/C22H16N2O3/c1-15(25)19-12-16(14-23)13-20(22(26)27)21(19)24(17-8-4-2-5-9-17)18-10-6-3-7-11-18/h2-13H,1H3,(H,26,27). The molecule has 5 nitrogen and oxygen atoms in total. The summed E-state index contributed by atoms with van der Waals surface area (Å²) in [6, 6.07) is 23.1. The van der Waals surface area contributed by atoms with Gasteiger partial charge < -0.3 is 10.0 Å². The number of hydrogen-bond donors (Lipinski definition) is 1. The minimum Gasteiger partial charge on any atom is -0.478 e. The van der Waals surface area contributed by atoms with Crippen LogP contribution in [0.5, 0.6) is 0 Å². The number of aromatic carboxylic acids is 1. The number of ketones is 1. The largest absolute Gasteiger partial charge is 0.478 e. The fourth-order valence-electron chi connectivity index (χ4n) is 2.93. The molecule has 132 valence electrons. The highest BCUT2D eigenvalue weighted by Gasteiger charge is 2.25. The summed E-state index contributed by atoms with van der Waals surface area (Å²) in [5, 5.41) is 19.0. The molecule has 0 unspecified atom stereocenters. The van der Waals surface area contributed by atoms with E-state index < -0.39 is 5.97 Å². The number of carbonyl (C=O) groups is 2. The molecule has 3 aromatic rings. The number of para-hydroxylation sites is 2. The number of nitrogens with zero attached hydrogens (tertiary/aromatic N) is 2. The summed E-state index contributed by atoms with van der Waals surface area (Å²) in [7, 11) is 0. The molecule has 3 aromatic carbocycles. The summed E-state index contributed by atoms with van der Waals surface area (Å²) in [5.41, 5.74) is 1.86. The summed E-state index contributed by atoms with van der Waals surface area (Å²) in [6.45, 7) is 1.36. The Labute approximate surface area is 156 Å². The monoisotopic (exact) mass is 356 g/mol. The topological polar surface area (TPSA) is 81.4 Å². The van der Waals surface area contributed by atoms with Crippen molar-refractivity contribution in [3.05, 3.63) is 89.5 Å². The molecule has 0 aliphatic heterocycles. The molecule has 5 heteroatoms. The van der Waals surface area contributed by atoms with E-state index in [4.69, 9.17) is 0 Å². The van der Waals surface area contributed by atoms with Crippen molar-refractivity contribution in [1.82, 2.24) is 0 Å². The minimum absolute atomic E-state index is 0.105. The van der Waals surface area contributed by atoms with Crippen LogP contribution in [0.4, 0.5) is 17.1 Å². The zero-order chi connectivity index (χ0) is 19.4. The van der Waals surface area contributed by atoms with Gasteiger partial charge in [-0.15, -0.1) is 0 Å². The lowest BCUT2D eigenvalue weighted by Gasteiger charge is -2.28. The van der Waals surface area contributed by atoms with Gasteiger partial charge in [0, 0.05) is 16.9 Å². The summed E-state index contributed by atoms with van der Waals surface area (Å²) >= 11 is 0. The lowest BCUT2D eigenvalue weighted by atomic mass is 9.98. The van der Waals surface area contributed by atoms with Crippen molar-refractivity contribution in [3.8, 4) is 6.07 Å². The third-order valence-electron chi connectivity index (χ3n) is 4.10. The van der Waals surface area contributed by atoms with Crippen molar-refractivity contribution in [2.75, 3.05) is 4.90 Å². The summed E-state index contributed by atoms with van der Waals surface area (Å²) in [5.74, 6) is -1.53. The van der Waals surface area contributed by atoms with E-state index in [1.165, 1.54) is 19.1 Å². The van der Waals surface area contributed by atoms with Gasteiger partial charge in [-0.1, -0.05) is 36.4 Å². The molecular weight excluding hydrogens is 340 g/mol. The van der Waals surface area contributed by atoms with Gasteiger partial charge in [-0.25, -0.2) is 4.79 Å². The average molecular weight is 356 g/mol. The maximum atomic E-state index is 12.3. The number of nitriles is 1. The van der Waals surface area contributed by atoms with E-state index in [9.17, 15) is 20.0 Å². The fraction of sp³-hybridized carbons (Fsp3) is 0.0455. The molecule has 0 amide bonds. The van der Waals surface area contributed by atoms with Crippen molar-refractivity contribution in [2.24, 2.45) is 0 Å². The molecule has 1 N–H and O–H groups in total. The van der Waals surface area contributed by atoms with Crippen molar-refractivity contribution in [3.63, 3.8) is 0 Å². The quantitative estimate of drug-likeness (QED) is 0.656. The SMILES string of the molecule is CC(=O)c1cc(C#N)cc(C(=O)O)c1N(c1ccccc1)c1ccccc1. The van der Waals surface area contributed by atoms with Gasteiger partial charge in [0.2, 0.25) is 0 Å². The summed E-state index contributed by atoms with van der Waals surface area (Å²) in [4.78, 5) is 26.1. The van der Waals surface area contributed by atoms with E-state index >= 15 is 0 Å². The molecule has 0 spiro atoms. The molecule has 0 aromatic heterocycles. The Hall–Kier alpha value is -3.91. The molecule has 0 heterocycles. The van der Waals surface area contributed by atoms with E-state index in [2.05, 4.69) is 0 Å². The third-order valence-corrected chi connectivity index (χ3v) is 4.10. The van der Waals surface area contributed by atoms with Gasteiger partial charge in [-0.3, -0.25) is 4.79 Å². The number of carbonyl (C=O) groups excluding carboxylic acids is 1. The van der Waals surface area contributed by atoms with Crippen molar-refractivity contribution in [1.29, 1.82) is 5.26 Å². The number of anilines is 3. The molecule has 0 saturated carbocycles. The van der Waals surface area contributed by atoms with Gasteiger partial charge in [-0.05, 0) is 43.3 Å². The van der Waals surface area contributed by atoms with Crippen LogP contribution < -0.4 is 4.90 Å². The lowest BCUT2D eigenvalue weighted by molar-refractivity contribution is 0.0697. The van der Waals surface area contributed by atoms with Crippen molar-refractivity contribution in [2.45, 2.75) is 6.92 Å². The first kappa shape index (κ1) is 17.9. The second kappa shape index (κ2) is 7.54. The second-order valence-corrected chi connectivity index (χ2v) is 5.90. The number of carboxylic acid groups (broad SMARTS) is 1. The smallest absolute Gasteiger partial charge is 0.337 e. The zero-order valence-electron chi connectivity index (χ0n) is 14.6. The van der Waals surface area contributed by atoms with E-state index in [1.54, 1.807) is 4.90 Å². The predicted octanol–water partition coefficient (Wildman–Crippen LogP) is 4.93. The Balaban J connectivity index is 2.41. The van der Waals surface area contributed by atoms with E-state index in [0.29, 0.717) is 11.4 Å². The van der Waals surface area contributed by atoms with Crippen LogP contribution in [-0.4, -0.2) is 16.9 Å². The average Bonchev–Trinajstić information content (AvgIpc) is 2.69. The van der Waals surface area contributed by atoms with Crippen LogP contribution >= 0.6 is 0 Å². The van der Waals surface area contributed by atoms with E-state index in [0.717, 1.165) is 0 Å². The van der Waals surface area contributed by atoms with Crippen molar-refractivity contribution < 1.29 is 14.7 Å². The minimum atomic E-state index is -1.21. The van der Waals surface area contributed by atoms with Gasteiger partial charge in [-0.2, -0.15) is 5.26 Å². The van der Waals surface area contributed by atoms with Crippen LogP contribution in [0.1, 0.15) is 33.2 Å². The third kappa shape index (κ3) is 3.55. The molecule has 0 aliphatic rings. The Morgan fingerprint density at radius 2 is 1.37 bits per heavy atom. The van der Waals surface area contributed by atoms with E-state index in [-0.39, 0.29) is 28.2 Å². The lowest BCUT2D eigenvalue weighted by Crippen LogP contribution is -2.18. The Bertz CT molecular complexity index is 964. The first-order chi connectivity index (χ1) is 13.0. The maximum Gasteiger partial charge on any atom is 0.337 e. The van der Waals surface area contributed by atoms with Gasteiger partial charge in [0.25, 0.3) is 0 Å². The first-order valence-corrected chi connectivity index (χ1v) is 8.25. The highest BCUT2D eigenvalue weighted by atomic mass is 16.4. The highest BCUT2D eigenvalue weighted by Crippen LogP contribution is 2.39. The van der Waals surface area contributed by atoms with Crippen LogP contribution in [0.3, 0.4) is 0 Å². The molecular formula is C22H16N2O3. The second-order valence-electron chi connectivity index (χ2n) is 5.90. The molecule has 3 rings (SSSR count). The Morgan fingerprint density at radius 1 is 0.889 bits per heavy atom. The van der Waals surface area contributed by atoms with Crippen LogP contribution in [0.25, 0.3) is 0 Å². The molecule has 0 saturated heterocycles. The van der Waals surface area contributed by atoms with Gasteiger partial charge in [0.05, 0.1) is 22.9 Å². The van der Waals surface area contributed by atoms with Gasteiger partial charge in [0.1, 0.15) is 0 Å². The molecule has 0 radical (unpaired) electrons. The summed E-state index contributed by atoms with van der Waals surface area (Å²) < 4.78 is 0. The number of benzene rings is 3. The highest BCUT2D eigenvalue weighted by molar-refractivity contribution is 6.09. The maximum absolute atomic E-state index is 12.3. The van der Waals surface area contributed by atoms with Crippen LogP contribution in [-0.2, 0) is 0 Å². The van der Waals surface area contributed by atoms with Crippen LogP contribution in [0.15, 0.2) is 72.8 Å². The molecule has 0 fully saturated rings. The zero-order valence-corrected chi connectivity index (χ0v) is 14.6. The summed E-state index contributed by atoms with van der Waals surface area (Å²) in [6.07, 6.45) is 0. The van der Waals surface area contributed by atoms with Crippen molar-refractivity contribution >= 4 is 28.8 Å². The fourth-order valence-corrected chi connectivity index (χ4v) is 2.93. The Morgan fingerprint density at radius 3 is 1.78 bits per heavy atom.